The molecule has 114 valence electrons. The zero-order valence-corrected chi connectivity index (χ0v) is 13.3. The van der Waals surface area contributed by atoms with Gasteiger partial charge in [-0.15, -0.1) is 0 Å². The van der Waals surface area contributed by atoms with E-state index >= 15 is 0 Å². The van der Waals surface area contributed by atoms with Gasteiger partial charge in [0.05, 0.1) is 12.1 Å². The molecular weight excluding hydrogens is 265 g/mol. The van der Waals surface area contributed by atoms with Crippen LogP contribution in [0.3, 0.4) is 0 Å². The molecule has 0 aromatic carbocycles. The highest BCUT2D eigenvalue weighted by Gasteiger charge is 2.48. The Balaban J connectivity index is 2.15. The molecule has 1 fully saturated rings. The number of carbonyl (C=O) groups is 2. The lowest BCUT2D eigenvalue weighted by Gasteiger charge is -2.33. The van der Waals surface area contributed by atoms with Gasteiger partial charge in [-0.2, -0.15) is 0 Å². The van der Waals surface area contributed by atoms with E-state index in [0.29, 0.717) is 18.3 Å². The summed E-state index contributed by atoms with van der Waals surface area (Å²) in [5.74, 6) is 0.383. The van der Waals surface area contributed by atoms with Gasteiger partial charge in [-0.05, 0) is 44.6 Å². The maximum Gasteiger partial charge on any atom is 0.200 e. The Morgan fingerprint density at radius 1 is 1.52 bits per heavy atom. The van der Waals surface area contributed by atoms with E-state index in [1.54, 1.807) is 11.0 Å². The largest absolute Gasteiger partial charge is 0.351 e. The molecule has 4 nitrogen and oxygen atoms in total. The van der Waals surface area contributed by atoms with Gasteiger partial charge >= 0.3 is 0 Å². The van der Waals surface area contributed by atoms with Crippen molar-refractivity contribution in [2.75, 3.05) is 0 Å². The Morgan fingerprint density at radius 2 is 2.19 bits per heavy atom. The van der Waals surface area contributed by atoms with Gasteiger partial charge in [-0.25, -0.2) is 0 Å². The van der Waals surface area contributed by atoms with Gasteiger partial charge < -0.3 is 9.64 Å². The normalized spacial score (nSPS) is 35.2. The second-order valence-corrected chi connectivity index (χ2v) is 6.69. The first-order valence-electron chi connectivity index (χ1n) is 7.74. The number of hydrogen-bond acceptors (Lipinski definition) is 3. The van der Waals surface area contributed by atoms with Crippen molar-refractivity contribution in [1.82, 2.24) is 4.90 Å². The summed E-state index contributed by atoms with van der Waals surface area (Å²) in [4.78, 5) is 24.8. The van der Waals surface area contributed by atoms with Gasteiger partial charge in [-0.3, -0.25) is 9.59 Å². The monoisotopic (exact) mass is 289 g/mol. The summed E-state index contributed by atoms with van der Waals surface area (Å²) in [6.07, 6.45) is 5.84. The summed E-state index contributed by atoms with van der Waals surface area (Å²) in [6, 6.07) is -0.00396. The minimum atomic E-state index is -0.672. The molecule has 4 atom stereocenters. The Bertz CT molecular complexity index is 460. The number of amides is 1. The summed E-state index contributed by atoms with van der Waals surface area (Å²) in [5, 5.41) is 0. The van der Waals surface area contributed by atoms with Gasteiger partial charge in [0.15, 0.2) is 11.6 Å². The molecule has 21 heavy (non-hydrogen) atoms. The van der Waals surface area contributed by atoms with Crippen LogP contribution in [0.4, 0.5) is 4.79 Å². The maximum atomic E-state index is 11.7. The fraction of sp³-hybridized carbons (Fsp3) is 0.750. The molecule has 0 aromatic rings. The molecule has 1 aliphatic carbocycles. The van der Waals surface area contributed by atoms with Crippen molar-refractivity contribution in [3.8, 4) is 0 Å². The van der Waals surface area contributed by atoms with E-state index in [4.69, 9.17) is 12.6 Å². The molecule has 2 aliphatic rings. The number of hydrogen-bond donors (Lipinski definition) is 0. The molecule has 2 unspecified atom stereocenters. The molecule has 5 heteroatoms. The summed E-state index contributed by atoms with van der Waals surface area (Å²) >= 11 is 0. The second-order valence-electron chi connectivity index (χ2n) is 6.69. The highest BCUT2D eigenvalue weighted by atomic mass is 16.5. The Labute approximate surface area is 128 Å². The predicted molar refractivity (Wildman–Crippen MR) is 82.1 cm³/mol. The summed E-state index contributed by atoms with van der Waals surface area (Å²) in [6.45, 7) is 7.90. The Morgan fingerprint density at radius 3 is 2.71 bits per heavy atom. The second kappa shape index (κ2) is 5.95. The summed E-state index contributed by atoms with van der Waals surface area (Å²) < 4.78 is 6.11. The minimum absolute atomic E-state index is 0.00396. The highest BCUT2D eigenvalue weighted by molar-refractivity contribution is 6.57. The Hall–Kier alpha value is -1.10. The number of carbonyl (C=O) groups excluding carboxylic acids is 2. The first-order chi connectivity index (χ1) is 9.76. The molecule has 0 saturated carbocycles. The van der Waals surface area contributed by atoms with Crippen LogP contribution in [0.1, 0.15) is 47.0 Å². The van der Waals surface area contributed by atoms with Crippen LogP contribution in [-0.2, 0) is 9.53 Å². The zero-order chi connectivity index (χ0) is 15.8. The molecule has 1 heterocycles. The zero-order valence-electron chi connectivity index (χ0n) is 13.3. The fourth-order valence-corrected chi connectivity index (χ4v) is 3.69. The lowest BCUT2D eigenvalue weighted by atomic mass is 9.80. The quantitative estimate of drug-likeness (QED) is 0.750. The van der Waals surface area contributed by atoms with E-state index in [9.17, 15) is 9.59 Å². The molecule has 0 N–H and O–H groups in total. The van der Waals surface area contributed by atoms with Crippen molar-refractivity contribution >= 4 is 19.4 Å². The number of ether oxygens (including phenoxy) is 1. The lowest BCUT2D eigenvalue weighted by Crippen LogP contribution is -2.47. The van der Waals surface area contributed by atoms with E-state index in [1.807, 2.05) is 26.8 Å². The topological polar surface area (TPSA) is 46.6 Å². The fourth-order valence-electron chi connectivity index (χ4n) is 3.69. The van der Waals surface area contributed by atoms with Crippen LogP contribution in [0, 0.1) is 11.8 Å². The van der Waals surface area contributed by atoms with Gasteiger partial charge in [0.2, 0.25) is 7.85 Å². The van der Waals surface area contributed by atoms with Gasteiger partial charge in [0, 0.05) is 6.42 Å². The molecule has 0 bridgehead atoms. The van der Waals surface area contributed by atoms with Crippen LogP contribution in [0.25, 0.3) is 0 Å². The van der Waals surface area contributed by atoms with Crippen molar-refractivity contribution in [2.45, 2.75) is 64.8 Å². The average Bonchev–Trinajstić information content (AvgIpc) is 2.63. The molecule has 1 aliphatic heterocycles. The van der Waals surface area contributed by atoms with Crippen molar-refractivity contribution in [2.24, 2.45) is 11.8 Å². The number of ketones is 1. The minimum Gasteiger partial charge on any atom is -0.351 e. The van der Waals surface area contributed by atoms with Crippen LogP contribution in [0.15, 0.2) is 12.2 Å². The molecule has 0 aromatic heterocycles. The van der Waals surface area contributed by atoms with Crippen LogP contribution in [0.5, 0.6) is 0 Å². The van der Waals surface area contributed by atoms with E-state index in [1.165, 1.54) is 0 Å². The van der Waals surface area contributed by atoms with Gasteiger partial charge in [-0.1, -0.05) is 19.9 Å². The number of allylic oxidation sites excluding steroid dienone is 2. The van der Waals surface area contributed by atoms with Crippen LogP contribution in [-0.4, -0.2) is 42.2 Å². The average molecular weight is 289 g/mol. The smallest absolute Gasteiger partial charge is 0.200 e. The number of rotatable bonds is 3. The highest BCUT2D eigenvalue weighted by Crippen LogP contribution is 2.38. The third-order valence-corrected chi connectivity index (χ3v) is 4.72. The Kier molecular flexibility index (Phi) is 4.62. The van der Waals surface area contributed by atoms with Crippen molar-refractivity contribution < 1.29 is 14.3 Å². The maximum absolute atomic E-state index is 11.7. The van der Waals surface area contributed by atoms with Crippen LogP contribution < -0.4 is 0 Å². The van der Waals surface area contributed by atoms with Crippen molar-refractivity contribution in [3.05, 3.63) is 12.2 Å². The lowest BCUT2D eigenvalue weighted by molar-refractivity contribution is -0.116. The van der Waals surface area contributed by atoms with E-state index < -0.39 is 11.5 Å². The molecule has 1 amide bonds. The van der Waals surface area contributed by atoms with E-state index in [2.05, 4.69) is 6.92 Å². The van der Waals surface area contributed by atoms with Crippen LogP contribution in [0.2, 0.25) is 0 Å². The predicted octanol–water partition coefficient (Wildman–Crippen LogP) is 2.66. The molecule has 2 rings (SSSR count). The first-order valence-corrected chi connectivity index (χ1v) is 7.74. The third kappa shape index (κ3) is 3.23. The molecule has 0 spiro atoms. The number of nitrogens with zero attached hydrogens (tertiary/aromatic N) is 1. The third-order valence-electron chi connectivity index (χ3n) is 4.72. The molecular formula is C16H24BNO3. The van der Waals surface area contributed by atoms with Gasteiger partial charge in [0.1, 0.15) is 5.72 Å². The summed E-state index contributed by atoms with van der Waals surface area (Å²) in [7, 11) is 5.53. The van der Waals surface area contributed by atoms with Crippen molar-refractivity contribution in [3.63, 3.8) is 0 Å². The van der Waals surface area contributed by atoms with Crippen LogP contribution >= 0.6 is 0 Å². The molecule has 1 saturated heterocycles. The van der Waals surface area contributed by atoms with E-state index in [-0.39, 0.29) is 17.9 Å². The first kappa shape index (κ1) is 16.3. The SMILES string of the molecule is [B]C(=O)N1[C@@H](CC)[C@@H](CC2C=CC(=O)CC2C)OC1(C)C. The van der Waals surface area contributed by atoms with Crippen molar-refractivity contribution in [1.29, 1.82) is 0 Å². The molecule has 2 radical (unpaired) electrons. The van der Waals surface area contributed by atoms with Gasteiger partial charge in [0.25, 0.3) is 0 Å². The summed E-state index contributed by atoms with van der Waals surface area (Å²) in [5.41, 5.74) is -0.672. The standard InChI is InChI=1S/C16H24BNO3/c1-5-13-14(21-16(3,4)18(13)15(17)20)9-11-6-7-12(19)8-10(11)2/h6-7,10-11,13-14H,5,8-9H2,1-4H3/t10?,11?,13-,14+/m0/s1. The van der Waals surface area contributed by atoms with E-state index in [0.717, 1.165) is 12.8 Å².